The van der Waals surface area contributed by atoms with Gasteiger partial charge in [-0.1, -0.05) is 18.2 Å². The molecule has 1 rings (SSSR count). The summed E-state index contributed by atoms with van der Waals surface area (Å²) in [6.45, 7) is 1.73. The molecule has 12 heavy (non-hydrogen) atoms. The van der Waals surface area contributed by atoms with Crippen LogP contribution in [0.25, 0.3) is 0 Å². The van der Waals surface area contributed by atoms with Crippen LogP contribution < -0.4 is 0 Å². The van der Waals surface area contributed by atoms with Gasteiger partial charge in [-0.05, 0) is 19.1 Å². The monoisotopic (exact) mass is 184 g/mol. The van der Waals surface area contributed by atoms with Gasteiger partial charge in [-0.15, -0.1) is 0 Å². The lowest BCUT2D eigenvalue weighted by molar-refractivity contribution is 0.298. The van der Waals surface area contributed by atoms with Gasteiger partial charge in [-0.2, -0.15) is 0 Å². The molecule has 0 amide bonds. The maximum absolute atomic E-state index is 11.5. The van der Waals surface area contributed by atoms with E-state index < -0.39 is 10.8 Å². The molecular weight excluding hydrogens is 172 g/mol. The Bertz CT molecular complexity index is 258. The van der Waals surface area contributed by atoms with E-state index in [2.05, 4.69) is 0 Å². The quantitative estimate of drug-likeness (QED) is 0.765. The lowest BCUT2D eigenvalue weighted by Gasteiger charge is -2.06. The number of benzene rings is 1. The zero-order chi connectivity index (χ0) is 8.97. The number of aliphatic hydroxyl groups excluding tert-OH is 1. The number of hydrogen-bond acceptors (Lipinski definition) is 2. The predicted molar refractivity (Wildman–Crippen MR) is 49.4 cm³/mol. The Labute approximate surface area is 74.7 Å². The van der Waals surface area contributed by atoms with Crippen LogP contribution in [0.5, 0.6) is 0 Å². The Morgan fingerprint density at radius 3 is 2.50 bits per heavy atom. The molecule has 0 aliphatic heterocycles. The molecule has 0 aliphatic rings. The molecule has 66 valence electrons. The second-order valence-electron chi connectivity index (χ2n) is 2.60. The van der Waals surface area contributed by atoms with Crippen molar-refractivity contribution in [2.24, 2.45) is 0 Å². The summed E-state index contributed by atoms with van der Waals surface area (Å²) in [4.78, 5) is 0.777. The van der Waals surface area contributed by atoms with Crippen molar-refractivity contribution < 1.29 is 9.32 Å². The molecule has 0 bridgehead atoms. The standard InChI is InChI=1S/C9H12O2S/c1-8(7-10)12(11)9-5-3-2-4-6-9/h2-6,8,10H,7H2,1H3. The Hall–Kier alpha value is -0.670. The molecule has 0 saturated carbocycles. The van der Waals surface area contributed by atoms with Gasteiger partial charge < -0.3 is 5.11 Å². The lowest BCUT2D eigenvalue weighted by Crippen LogP contribution is -2.15. The molecule has 0 fully saturated rings. The van der Waals surface area contributed by atoms with Crippen LogP contribution in [0.3, 0.4) is 0 Å². The molecule has 0 spiro atoms. The highest BCUT2D eigenvalue weighted by Gasteiger charge is 2.10. The predicted octanol–water partition coefficient (Wildman–Crippen LogP) is 1.18. The van der Waals surface area contributed by atoms with Gasteiger partial charge in [0, 0.05) is 4.90 Å². The third-order valence-electron chi connectivity index (χ3n) is 1.60. The molecule has 0 aromatic heterocycles. The molecule has 0 radical (unpaired) electrons. The van der Waals surface area contributed by atoms with E-state index in [1.807, 2.05) is 30.3 Å². The van der Waals surface area contributed by atoms with Crippen molar-refractivity contribution in [2.75, 3.05) is 6.61 Å². The Morgan fingerprint density at radius 1 is 1.42 bits per heavy atom. The van der Waals surface area contributed by atoms with Crippen LogP contribution >= 0.6 is 0 Å². The van der Waals surface area contributed by atoms with Crippen molar-refractivity contribution in [3.63, 3.8) is 0 Å². The summed E-state index contributed by atoms with van der Waals surface area (Å²) >= 11 is 0. The second kappa shape index (κ2) is 4.38. The first-order valence-corrected chi connectivity index (χ1v) is 5.03. The minimum Gasteiger partial charge on any atom is -0.395 e. The maximum atomic E-state index is 11.5. The van der Waals surface area contributed by atoms with Crippen molar-refractivity contribution in [1.29, 1.82) is 0 Å². The first-order chi connectivity index (χ1) is 5.75. The summed E-state index contributed by atoms with van der Waals surface area (Å²) in [5.41, 5.74) is 0. The third kappa shape index (κ3) is 2.16. The minimum atomic E-state index is -1.08. The zero-order valence-corrected chi connectivity index (χ0v) is 7.75. The molecule has 1 N–H and O–H groups in total. The van der Waals surface area contributed by atoms with Gasteiger partial charge in [0.15, 0.2) is 0 Å². The largest absolute Gasteiger partial charge is 0.395 e. The molecule has 3 heteroatoms. The van der Waals surface area contributed by atoms with E-state index in [4.69, 9.17) is 5.11 Å². The number of rotatable bonds is 3. The maximum Gasteiger partial charge on any atom is 0.0597 e. The smallest absolute Gasteiger partial charge is 0.0597 e. The normalized spacial score (nSPS) is 15.5. The van der Waals surface area contributed by atoms with Gasteiger partial charge in [0.05, 0.1) is 22.7 Å². The molecule has 0 saturated heterocycles. The summed E-state index contributed by atoms with van der Waals surface area (Å²) in [6.07, 6.45) is 0. The van der Waals surface area contributed by atoms with Crippen LogP contribution in [0.1, 0.15) is 6.92 Å². The van der Waals surface area contributed by atoms with Gasteiger partial charge >= 0.3 is 0 Å². The highest BCUT2D eigenvalue weighted by Crippen LogP contribution is 2.09. The van der Waals surface area contributed by atoms with Crippen LogP contribution in [0, 0.1) is 0 Å². The average molecular weight is 184 g/mol. The highest BCUT2D eigenvalue weighted by molar-refractivity contribution is 7.85. The minimum absolute atomic E-state index is 0.0402. The van der Waals surface area contributed by atoms with Crippen LogP contribution in [0.2, 0.25) is 0 Å². The summed E-state index contributed by atoms with van der Waals surface area (Å²) in [7, 11) is -1.08. The van der Waals surface area contributed by atoms with Crippen molar-refractivity contribution in [1.82, 2.24) is 0 Å². The molecule has 0 heterocycles. The fourth-order valence-electron chi connectivity index (χ4n) is 0.855. The van der Waals surface area contributed by atoms with E-state index in [0.29, 0.717) is 0 Å². The third-order valence-corrected chi connectivity index (χ3v) is 3.21. The Morgan fingerprint density at radius 2 is 2.00 bits per heavy atom. The van der Waals surface area contributed by atoms with E-state index in [0.717, 1.165) is 4.90 Å². The van der Waals surface area contributed by atoms with E-state index >= 15 is 0 Å². The fraction of sp³-hybridized carbons (Fsp3) is 0.333. The topological polar surface area (TPSA) is 37.3 Å². The Balaban J connectivity index is 2.79. The van der Waals surface area contributed by atoms with E-state index in [9.17, 15) is 4.21 Å². The van der Waals surface area contributed by atoms with Crippen molar-refractivity contribution in [3.8, 4) is 0 Å². The van der Waals surface area contributed by atoms with Crippen molar-refractivity contribution in [2.45, 2.75) is 17.1 Å². The fourth-order valence-corrected chi connectivity index (χ4v) is 1.88. The van der Waals surface area contributed by atoms with Crippen LogP contribution in [0.15, 0.2) is 35.2 Å². The molecule has 2 nitrogen and oxygen atoms in total. The lowest BCUT2D eigenvalue weighted by atomic mass is 10.4. The van der Waals surface area contributed by atoms with E-state index in [1.54, 1.807) is 6.92 Å². The summed E-state index contributed by atoms with van der Waals surface area (Å²) in [5, 5.41) is 8.59. The first-order valence-electron chi connectivity index (χ1n) is 3.82. The molecule has 0 aliphatic carbocycles. The van der Waals surface area contributed by atoms with Crippen LogP contribution in [-0.2, 0) is 10.8 Å². The molecule has 1 aromatic carbocycles. The van der Waals surface area contributed by atoms with Gasteiger partial charge in [0.2, 0.25) is 0 Å². The van der Waals surface area contributed by atoms with Gasteiger partial charge in [0.1, 0.15) is 0 Å². The van der Waals surface area contributed by atoms with Gasteiger partial charge in [0.25, 0.3) is 0 Å². The summed E-state index contributed by atoms with van der Waals surface area (Å²) < 4.78 is 11.5. The average Bonchev–Trinajstić information content (AvgIpc) is 2.17. The van der Waals surface area contributed by atoms with E-state index in [-0.39, 0.29) is 11.9 Å². The van der Waals surface area contributed by atoms with Crippen LogP contribution in [0.4, 0.5) is 0 Å². The summed E-state index contributed by atoms with van der Waals surface area (Å²) in [6, 6.07) is 9.18. The highest BCUT2D eigenvalue weighted by atomic mass is 32.2. The van der Waals surface area contributed by atoms with Gasteiger partial charge in [-0.25, -0.2) is 0 Å². The van der Waals surface area contributed by atoms with Gasteiger partial charge in [-0.3, -0.25) is 4.21 Å². The number of hydrogen-bond donors (Lipinski definition) is 1. The van der Waals surface area contributed by atoms with Crippen LogP contribution in [-0.4, -0.2) is 21.2 Å². The Kier molecular flexibility index (Phi) is 3.44. The SMILES string of the molecule is CC(CO)S(=O)c1ccccc1. The van der Waals surface area contributed by atoms with Crippen molar-refractivity contribution >= 4 is 10.8 Å². The molecule has 2 atom stereocenters. The second-order valence-corrected chi connectivity index (χ2v) is 4.47. The zero-order valence-electron chi connectivity index (χ0n) is 6.93. The molecular formula is C9H12O2S. The first kappa shape index (κ1) is 9.42. The number of aliphatic hydroxyl groups is 1. The molecule has 2 unspecified atom stereocenters. The summed E-state index contributed by atoms with van der Waals surface area (Å²) in [5.74, 6) is 0. The van der Waals surface area contributed by atoms with Crippen molar-refractivity contribution in [3.05, 3.63) is 30.3 Å². The molecule has 1 aromatic rings. The van der Waals surface area contributed by atoms with E-state index in [1.165, 1.54) is 0 Å².